The molecule has 1 unspecified atom stereocenters. The largest absolute Gasteiger partial charge is 0.778 e. The fourth-order valence-corrected chi connectivity index (χ4v) is 6.22. The van der Waals surface area contributed by atoms with Crippen molar-refractivity contribution >= 4 is 75.5 Å². The Kier molecular flexibility index (Phi) is 21.0. The van der Waals surface area contributed by atoms with Gasteiger partial charge in [-0.05, 0) is 68.1 Å². The molecule has 0 spiro atoms. The second kappa shape index (κ2) is 23.7. The van der Waals surface area contributed by atoms with Crippen LogP contribution in [0.2, 0.25) is 5.02 Å². The number of fused-ring (bicyclic) bond motifs is 1. The smallest absolute Gasteiger partial charge is 0.416 e. The van der Waals surface area contributed by atoms with Crippen LogP contribution in [-0.2, 0) is 50.9 Å². The normalized spacial score (nSPS) is 13.6. The van der Waals surface area contributed by atoms with E-state index in [-0.39, 0.29) is 23.1 Å². The Morgan fingerprint density at radius 1 is 1.07 bits per heavy atom. The number of hydrogen-bond acceptors (Lipinski definition) is 14. The van der Waals surface area contributed by atoms with Crippen molar-refractivity contribution in [3.8, 4) is 11.5 Å². The molecular formula is C34H41ClF3N4O15PS2. The SMILES string of the molecule is CC(C)N1C(=O)c2ccccc2NS1(=O)=O.CCOC(=O)COC(=O)c1cc(Oc2ccc(C(F)(F)F)cc2Cl)ccc1[N+](=O)[O-].C[S+](C)C.O=C(O)CNCP(=O)([O-])O. The van der Waals surface area contributed by atoms with E-state index in [0.29, 0.717) is 28.2 Å². The number of nitrogens with one attached hydrogen (secondary N) is 2. The Hall–Kier alpha value is -4.97. The summed E-state index contributed by atoms with van der Waals surface area (Å²) in [5.74, 6) is -4.01. The third-order valence-corrected chi connectivity index (χ3v) is 8.91. The lowest BCUT2D eigenvalue weighted by molar-refractivity contribution is -0.385. The third kappa shape index (κ3) is 18.5. The lowest BCUT2D eigenvalue weighted by Crippen LogP contribution is -2.48. The van der Waals surface area contributed by atoms with Gasteiger partial charge in [0.2, 0.25) is 0 Å². The van der Waals surface area contributed by atoms with Crippen LogP contribution in [0.25, 0.3) is 0 Å². The van der Waals surface area contributed by atoms with E-state index in [1.165, 1.54) is 6.92 Å². The van der Waals surface area contributed by atoms with E-state index in [1.54, 1.807) is 38.1 Å². The minimum Gasteiger partial charge on any atom is -0.778 e. The zero-order valence-electron chi connectivity index (χ0n) is 32.6. The maximum Gasteiger partial charge on any atom is 0.416 e. The predicted octanol–water partition coefficient (Wildman–Crippen LogP) is 4.64. The summed E-state index contributed by atoms with van der Waals surface area (Å²) in [5.41, 5.74) is -1.44. The number of alkyl halides is 3. The number of carbonyl (C=O) groups excluding carboxylic acids is 3. The number of hydrogen-bond donors (Lipinski definition) is 4. The number of carbonyl (C=O) groups is 4. The van der Waals surface area contributed by atoms with Crippen LogP contribution in [0, 0.1) is 10.1 Å². The van der Waals surface area contributed by atoms with Crippen molar-refractivity contribution in [3.05, 3.63) is 92.5 Å². The average molecular weight is 933 g/mol. The Balaban J connectivity index is 0.000000496. The van der Waals surface area contributed by atoms with Gasteiger partial charge in [0, 0.05) is 18.2 Å². The van der Waals surface area contributed by atoms with Crippen LogP contribution in [0.3, 0.4) is 0 Å². The van der Waals surface area contributed by atoms with Gasteiger partial charge in [-0.15, -0.1) is 0 Å². The molecule has 60 heavy (non-hydrogen) atoms. The minimum absolute atomic E-state index is 0.0493. The minimum atomic E-state index is -4.61. The van der Waals surface area contributed by atoms with E-state index >= 15 is 0 Å². The summed E-state index contributed by atoms with van der Waals surface area (Å²) in [6.45, 7) is 3.66. The van der Waals surface area contributed by atoms with Crippen molar-refractivity contribution in [2.24, 2.45) is 0 Å². The molecule has 1 heterocycles. The van der Waals surface area contributed by atoms with Gasteiger partial charge in [-0.1, -0.05) is 23.7 Å². The van der Waals surface area contributed by atoms with E-state index in [9.17, 15) is 60.3 Å². The number of rotatable bonds is 12. The number of aliphatic carboxylic acids is 1. The van der Waals surface area contributed by atoms with Crippen LogP contribution in [0.1, 0.15) is 47.1 Å². The number of esters is 2. The molecule has 3 aromatic rings. The Morgan fingerprint density at radius 2 is 1.67 bits per heavy atom. The van der Waals surface area contributed by atoms with Crippen molar-refractivity contribution < 1.29 is 79.4 Å². The van der Waals surface area contributed by atoms with Crippen LogP contribution in [-0.4, -0.2) is 102 Å². The molecule has 1 aliphatic heterocycles. The summed E-state index contributed by atoms with van der Waals surface area (Å²) in [7, 11) is -7.46. The van der Waals surface area contributed by atoms with Gasteiger partial charge in [-0.2, -0.15) is 21.6 Å². The second-order valence-electron chi connectivity index (χ2n) is 12.3. The van der Waals surface area contributed by atoms with Gasteiger partial charge in [-0.25, -0.2) is 13.9 Å². The topological polar surface area (TPSA) is 281 Å². The van der Waals surface area contributed by atoms with Crippen LogP contribution in [0.5, 0.6) is 11.5 Å². The summed E-state index contributed by atoms with van der Waals surface area (Å²) in [6.07, 6.45) is 1.27. The summed E-state index contributed by atoms with van der Waals surface area (Å²) in [4.78, 5) is 73.5. The van der Waals surface area contributed by atoms with E-state index in [1.807, 2.05) is 5.32 Å². The van der Waals surface area contributed by atoms with Gasteiger partial charge in [0.1, 0.15) is 24.7 Å². The van der Waals surface area contributed by atoms with Gasteiger partial charge in [-0.3, -0.25) is 29.7 Å². The molecule has 0 fully saturated rings. The Morgan fingerprint density at radius 3 is 2.17 bits per heavy atom. The molecule has 26 heteroatoms. The average Bonchev–Trinajstić information content (AvgIpc) is 3.10. The van der Waals surface area contributed by atoms with Gasteiger partial charge in [0.05, 0.1) is 65.0 Å². The second-order valence-corrected chi connectivity index (χ2v) is 18.2. The molecule has 19 nitrogen and oxygen atoms in total. The quantitative estimate of drug-likeness (QED) is 0.0633. The number of carboxylic acids is 1. The molecule has 0 bridgehead atoms. The number of nitro groups is 1. The first-order valence-electron chi connectivity index (χ1n) is 16.7. The number of para-hydroxylation sites is 1. The molecule has 1 atom stereocenters. The lowest BCUT2D eigenvalue weighted by atomic mass is 10.1. The molecule has 0 saturated heterocycles. The van der Waals surface area contributed by atoms with Crippen LogP contribution >= 0.6 is 19.2 Å². The zero-order chi connectivity index (χ0) is 46.2. The summed E-state index contributed by atoms with van der Waals surface area (Å²) < 4.78 is 89.5. The highest BCUT2D eigenvalue weighted by Crippen LogP contribution is 2.37. The lowest BCUT2D eigenvalue weighted by Gasteiger charge is -2.31. The first-order chi connectivity index (χ1) is 27.6. The van der Waals surface area contributed by atoms with Crippen LogP contribution in [0.15, 0.2) is 60.7 Å². The van der Waals surface area contributed by atoms with Crippen LogP contribution < -0.4 is 19.7 Å². The summed E-state index contributed by atoms with van der Waals surface area (Å²) in [5, 5.41) is 20.8. The molecule has 4 N–H and O–H groups in total. The molecule has 332 valence electrons. The van der Waals surface area contributed by atoms with E-state index in [2.05, 4.69) is 28.2 Å². The van der Waals surface area contributed by atoms with Crippen molar-refractivity contribution in [1.82, 2.24) is 9.62 Å². The number of ether oxygens (including phenoxy) is 3. The van der Waals surface area contributed by atoms with Gasteiger partial charge in [0.25, 0.3) is 11.6 Å². The first-order valence-corrected chi connectivity index (χ1v) is 22.7. The fourth-order valence-electron chi connectivity index (χ4n) is 4.18. The Bertz CT molecular complexity index is 2150. The number of nitro benzene ring substituents is 1. The molecule has 0 aliphatic carbocycles. The standard InChI is InChI=1S/C18H13ClF3NO7.C10H12N2O3S.C3H8NO5P.C3H9S/c1-2-28-16(24)9-29-17(25)12-8-11(4-5-14(12)23(26)27)30-15-6-3-10(7-13(15)19)18(20,21)22;1-7(2)12-10(13)8-5-3-4-6-9(8)11-16(12,14)15;5-3(6)1-4-2-10(7,8)9;1-4(2)3/h3-8H,2,9H2,1H3;3-7,11H,1-2H3;4H,1-2H2,(H,5,6)(H2,7,8,9);1-3H3/q;;;+1/p-1. The highest BCUT2D eigenvalue weighted by atomic mass is 35.5. The number of anilines is 1. The van der Waals surface area contributed by atoms with Crippen molar-refractivity contribution in [3.63, 3.8) is 0 Å². The van der Waals surface area contributed by atoms with E-state index in [0.717, 1.165) is 34.6 Å². The third-order valence-electron chi connectivity index (χ3n) is 6.41. The molecule has 0 radical (unpaired) electrons. The number of benzene rings is 3. The highest BCUT2D eigenvalue weighted by molar-refractivity contribution is 7.94. The Labute approximate surface area is 350 Å². The summed E-state index contributed by atoms with van der Waals surface area (Å²) >= 11 is 5.81. The maximum atomic E-state index is 12.7. The predicted molar refractivity (Wildman–Crippen MR) is 212 cm³/mol. The van der Waals surface area contributed by atoms with Crippen LogP contribution in [0.4, 0.5) is 24.5 Å². The van der Waals surface area contributed by atoms with Crippen molar-refractivity contribution in [2.75, 3.05) is 49.5 Å². The van der Waals surface area contributed by atoms with E-state index < -0.39 is 95.0 Å². The molecule has 3 aromatic carbocycles. The molecular weight excluding hydrogens is 892 g/mol. The first kappa shape index (κ1) is 53.0. The highest BCUT2D eigenvalue weighted by Gasteiger charge is 2.37. The van der Waals surface area contributed by atoms with Crippen molar-refractivity contribution in [1.29, 1.82) is 0 Å². The fraction of sp³-hybridized carbons (Fsp3) is 0.353. The van der Waals surface area contributed by atoms with Gasteiger partial charge >= 0.3 is 34.3 Å². The number of halogens is 4. The number of amides is 1. The van der Waals surface area contributed by atoms with Gasteiger partial charge in [0.15, 0.2) is 6.61 Å². The number of carboxylic acid groups (broad SMARTS) is 1. The number of nitrogens with zero attached hydrogens (tertiary/aromatic N) is 2. The van der Waals surface area contributed by atoms with Gasteiger partial charge < -0.3 is 33.7 Å². The van der Waals surface area contributed by atoms with Crippen molar-refractivity contribution in [2.45, 2.75) is 33.0 Å². The molecule has 4 rings (SSSR count). The molecule has 1 aliphatic rings. The molecule has 0 saturated carbocycles. The molecule has 0 aromatic heterocycles. The zero-order valence-corrected chi connectivity index (χ0v) is 35.8. The van der Waals surface area contributed by atoms with E-state index in [4.69, 9.17) is 31.1 Å². The molecule has 1 amide bonds. The summed E-state index contributed by atoms with van der Waals surface area (Å²) in [6, 6.07) is 11.5. The monoisotopic (exact) mass is 932 g/mol. The maximum absolute atomic E-state index is 12.7.